The van der Waals surface area contributed by atoms with Crippen molar-refractivity contribution in [1.82, 2.24) is 15.3 Å². The molecule has 1 aromatic rings. The van der Waals surface area contributed by atoms with Crippen molar-refractivity contribution in [2.75, 3.05) is 0 Å². The molecule has 2 atom stereocenters. The van der Waals surface area contributed by atoms with Crippen molar-refractivity contribution in [3.05, 3.63) is 18.2 Å². The van der Waals surface area contributed by atoms with Crippen molar-refractivity contribution in [2.24, 2.45) is 11.7 Å². The topological polar surface area (TPSA) is 83.8 Å². The minimum Gasteiger partial charge on any atom is -0.347 e. The first-order valence-electron chi connectivity index (χ1n) is 6.14. The van der Waals surface area contributed by atoms with Crippen molar-refractivity contribution in [3.8, 4) is 0 Å². The number of aromatic amines is 1. The first-order chi connectivity index (χ1) is 8.05. The van der Waals surface area contributed by atoms with E-state index in [9.17, 15) is 4.79 Å². The Balaban J connectivity index is 2.01. The lowest BCUT2D eigenvalue weighted by Crippen LogP contribution is -2.54. The van der Waals surface area contributed by atoms with Crippen LogP contribution in [0.4, 0.5) is 0 Å². The summed E-state index contributed by atoms with van der Waals surface area (Å²) in [7, 11) is 0. The highest BCUT2D eigenvalue weighted by Gasteiger charge is 2.44. The van der Waals surface area contributed by atoms with E-state index in [0.29, 0.717) is 5.92 Å². The summed E-state index contributed by atoms with van der Waals surface area (Å²) in [4.78, 5) is 19.3. The summed E-state index contributed by atoms with van der Waals surface area (Å²) in [6, 6.07) is -0.0841. The number of imidazole rings is 1. The van der Waals surface area contributed by atoms with Crippen molar-refractivity contribution < 1.29 is 4.79 Å². The molecule has 94 valence electrons. The van der Waals surface area contributed by atoms with Crippen LogP contribution in [-0.4, -0.2) is 21.4 Å². The molecule has 1 aliphatic carbocycles. The van der Waals surface area contributed by atoms with Gasteiger partial charge in [-0.1, -0.05) is 6.92 Å². The molecule has 0 spiro atoms. The molecule has 1 saturated carbocycles. The van der Waals surface area contributed by atoms with E-state index in [1.165, 1.54) is 0 Å². The molecule has 5 heteroatoms. The Labute approximate surface area is 101 Å². The first-order valence-corrected chi connectivity index (χ1v) is 6.14. The molecule has 0 saturated heterocycles. The Morgan fingerprint density at radius 1 is 1.76 bits per heavy atom. The number of rotatable bonds is 5. The molecule has 2 rings (SSSR count). The van der Waals surface area contributed by atoms with Crippen LogP contribution in [0.3, 0.4) is 0 Å². The molecule has 1 aromatic heterocycles. The van der Waals surface area contributed by atoms with Gasteiger partial charge in [-0.15, -0.1) is 0 Å². The third-order valence-electron chi connectivity index (χ3n) is 3.48. The summed E-state index contributed by atoms with van der Waals surface area (Å²) < 4.78 is 0. The monoisotopic (exact) mass is 236 g/mol. The number of amides is 1. The summed E-state index contributed by atoms with van der Waals surface area (Å²) in [5.41, 5.74) is 5.33. The summed E-state index contributed by atoms with van der Waals surface area (Å²) in [5.74, 6) is 1.03. The summed E-state index contributed by atoms with van der Waals surface area (Å²) in [5, 5.41) is 2.97. The van der Waals surface area contributed by atoms with E-state index in [2.05, 4.69) is 15.3 Å². The van der Waals surface area contributed by atoms with Crippen LogP contribution in [0.2, 0.25) is 0 Å². The second-order valence-corrected chi connectivity index (χ2v) is 4.97. The maximum absolute atomic E-state index is 12.1. The van der Waals surface area contributed by atoms with Gasteiger partial charge in [0.2, 0.25) is 5.91 Å². The van der Waals surface area contributed by atoms with Gasteiger partial charge in [-0.3, -0.25) is 4.79 Å². The number of nitrogens with two attached hydrogens (primary N) is 1. The van der Waals surface area contributed by atoms with Gasteiger partial charge >= 0.3 is 0 Å². The Morgan fingerprint density at radius 2 is 2.47 bits per heavy atom. The molecular weight excluding hydrogens is 216 g/mol. The fourth-order valence-corrected chi connectivity index (χ4v) is 2.01. The van der Waals surface area contributed by atoms with Gasteiger partial charge in [-0.2, -0.15) is 0 Å². The van der Waals surface area contributed by atoms with Crippen LogP contribution in [0.15, 0.2) is 12.4 Å². The Bertz CT molecular complexity index is 381. The number of H-pyrrole nitrogens is 1. The lowest BCUT2D eigenvalue weighted by Gasteiger charge is -2.26. The fourth-order valence-electron chi connectivity index (χ4n) is 2.01. The molecule has 2 unspecified atom stereocenters. The highest BCUT2D eigenvalue weighted by molar-refractivity contribution is 5.86. The highest BCUT2D eigenvalue weighted by atomic mass is 16.2. The third kappa shape index (κ3) is 2.49. The number of hydrogen-bond acceptors (Lipinski definition) is 3. The zero-order chi connectivity index (χ0) is 12.5. The Hall–Kier alpha value is -1.36. The molecule has 1 fully saturated rings. The SMILES string of the molecule is CCC(NC(=O)C(C)(N)C1CC1)c1ncc[nH]1. The second kappa shape index (κ2) is 4.49. The van der Waals surface area contributed by atoms with E-state index in [1.54, 1.807) is 12.4 Å². The standard InChI is InChI=1S/C12H20N4O/c1-3-9(10-14-6-7-15-10)16-11(17)12(2,13)8-4-5-8/h6-9H,3-5,13H2,1-2H3,(H,14,15)(H,16,17). The molecule has 0 aliphatic heterocycles. The van der Waals surface area contributed by atoms with Gasteiger partial charge in [0, 0.05) is 12.4 Å². The quantitative estimate of drug-likeness (QED) is 0.716. The first kappa shape index (κ1) is 12.1. The van der Waals surface area contributed by atoms with E-state index < -0.39 is 5.54 Å². The summed E-state index contributed by atoms with van der Waals surface area (Å²) in [6.45, 7) is 3.83. The van der Waals surface area contributed by atoms with Crippen LogP contribution in [-0.2, 0) is 4.79 Å². The largest absolute Gasteiger partial charge is 0.347 e. The molecule has 5 nitrogen and oxygen atoms in total. The zero-order valence-corrected chi connectivity index (χ0v) is 10.4. The third-order valence-corrected chi connectivity index (χ3v) is 3.48. The maximum atomic E-state index is 12.1. The number of hydrogen-bond donors (Lipinski definition) is 3. The average molecular weight is 236 g/mol. The van der Waals surface area contributed by atoms with Crippen molar-refractivity contribution >= 4 is 5.91 Å². The molecule has 0 aromatic carbocycles. The minimum absolute atomic E-state index is 0.0803. The van der Waals surface area contributed by atoms with E-state index >= 15 is 0 Å². The van der Waals surface area contributed by atoms with Crippen LogP contribution in [0.1, 0.15) is 45.0 Å². The predicted octanol–water partition coefficient (Wildman–Crippen LogP) is 1.10. The number of nitrogens with zero attached hydrogens (tertiary/aromatic N) is 1. The van der Waals surface area contributed by atoms with E-state index in [4.69, 9.17) is 5.73 Å². The summed E-state index contributed by atoms with van der Waals surface area (Å²) >= 11 is 0. The Morgan fingerprint density at radius 3 is 2.94 bits per heavy atom. The Kier molecular flexibility index (Phi) is 3.19. The van der Waals surface area contributed by atoms with Gasteiger partial charge in [0.15, 0.2) is 0 Å². The number of nitrogens with one attached hydrogen (secondary N) is 2. The van der Waals surface area contributed by atoms with E-state index in [0.717, 1.165) is 25.1 Å². The minimum atomic E-state index is -0.750. The van der Waals surface area contributed by atoms with Gasteiger partial charge < -0.3 is 16.0 Å². The van der Waals surface area contributed by atoms with Gasteiger partial charge in [0.1, 0.15) is 5.82 Å². The van der Waals surface area contributed by atoms with Crippen LogP contribution in [0, 0.1) is 5.92 Å². The fraction of sp³-hybridized carbons (Fsp3) is 0.667. The summed E-state index contributed by atoms with van der Waals surface area (Å²) in [6.07, 6.45) is 6.34. The number of aromatic nitrogens is 2. The molecular formula is C12H20N4O. The molecule has 1 aliphatic rings. The lowest BCUT2D eigenvalue weighted by atomic mass is 9.95. The van der Waals surface area contributed by atoms with Crippen molar-refractivity contribution in [3.63, 3.8) is 0 Å². The number of carbonyl (C=O) groups excluding carboxylic acids is 1. The van der Waals surface area contributed by atoms with Gasteiger partial charge in [-0.25, -0.2) is 4.98 Å². The normalized spacial score (nSPS) is 20.6. The van der Waals surface area contributed by atoms with Gasteiger partial charge in [0.25, 0.3) is 0 Å². The maximum Gasteiger partial charge on any atom is 0.240 e. The second-order valence-electron chi connectivity index (χ2n) is 4.97. The highest BCUT2D eigenvalue weighted by Crippen LogP contribution is 2.38. The van der Waals surface area contributed by atoms with Crippen LogP contribution < -0.4 is 11.1 Å². The molecule has 0 radical (unpaired) electrons. The molecule has 0 bridgehead atoms. The van der Waals surface area contributed by atoms with E-state index in [1.807, 2.05) is 13.8 Å². The average Bonchev–Trinajstić information content (AvgIpc) is 3.03. The van der Waals surface area contributed by atoms with Crippen LogP contribution in [0.5, 0.6) is 0 Å². The number of carbonyl (C=O) groups is 1. The van der Waals surface area contributed by atoms with E-state index in [-0.39, 0.29) is 11.9 Å². The van der Waals surface area contributed by atoms with Gasteiger partial charge in [0.05, 0.1) is 11.6 Å². The molecule has 4 N–H and O–H groups in total. The smallest absolute Gasteiger partial charge is 0.240 e. The van der Waals surface area contributed by atoms with Crippen molar-refractivity contribution in [1.29, 1.82) is 0 Å². The van der Waals surface area contributed by atoms with Crippen LogP contribution >= 0.6 is 0 Å². The molecule has 17 heavy (non-hydrogen) atoms. The predicted molar refractivity (Wildman–Crippen MR) is 65.1 cm³/mol. The van der Waals surface area contributed by atoms with Crippen molar-refractivity contribution in [2.45, 2.75) is 44.7 Å². The van der Waals surface area contributed by atoms with Gasteiger partial charge in [-0.05, 0) is 32.1 Å². The molecule has 1 heterocycles. The lowest BCUT2D eigenvalue weighted by molar-refractivity contribution is -0.127. The molecule has 1 amide bonds. The zero-order valence-electron chi connectivity index (χ0n) is 10.4. The van der Waals surface area contributed by atoms with Crippen LogP contribution in [0.25, 0.3) is 0 Å².